The van der Waals surface area contributed by atoms with E-state index in [9.17, 15) is 4.79 Å². The van der Waals surface area contributed by atoms with E-state index in [-0.39, 0.29) is 5.56 Å². The van der Waals surface area contributed by atoms with Crippen molar-refractivity contribution in [3.8, 4) is 6.07 Å². The van der Waals surface area contributed by atoms with Gasteiger partial charge in [-0.15, -0.1) is 0 Å². The molecule has 0 aliphatic heterocycles. The highest BCUT2D eigenvalue weighted by molar-refractivity contribution is 5.39. The summed E-state index contributed by atoms with van der Waals surface area (Å²) in [5.74, 6) is 0.348. The van der Waals surface area contributed by atoms with Crippen LogP contribution in [0.25, 0.3) is 0 Å². The maximum absolute atomic E-state index is 11.5. The fourth-order valence-electron chi connectivity index (χ4n) is 1.70. The average Bonchev–Trinajstić information content (AvgIpc) is 2.58. The number of anilines is 1. The van der Waals surface area contributed by atoms with Crippen molar-refractivity contribution in [3.63, 3.8) is 0 Å². The Morgan fingerprint density at radius 1 is 1.47 bits per heavy atom. The Labute approximate surface area is 98.1 Å². The Hall–Kier alpha value is -2.48. The van der Waals surface area contributed by atoms with E-state index in [1.54, 1.807) is 6.07 Å². The van der Waals surface area contributed by atoms with Crippen molar-refractivity contribution in [1.29, 1.82) is 5.26 Å². The molecule has 0 fully saturated rings. The summed E-state index contributed by atoms with van der Waals surface area (Å²) >= 11 is 0. The monoisotopic (exact) mass is 228 g/mol. The minimum absolute atomic E-state index is 0.162. The lowest BCUT2D eigenvalue weighted by Gasteiger charge is -2.04. The number of aromatic amines is 1. The summed E-state index contributed by atoms with van der Waals surface area (Å²) in [5, 5.41) is 11.6. The number of aromatic nitrogens is 2. The number of benzene rings is 1. The van der Waals surface area contributed by atoms with Crippen LogP contribution in [0.1, 0.15) is 16.7 Å². The molecule has 86 valence electrons. The number of H-pyrrole nitrogens is 1. The molecule has 0 aliphatic carbocycles. The van der Waals surface area contributed by atoms with E-state index < -0.39 is 0 Å². The van der Waals surface area contributed by atoms with Gasteiger partial charge in [0.25, 0.3) is 5.56 Å². The number of hydrogen-bond acceptors (Lipinski definition) is 3. The molecular weight excluding hydrogens is 216 g/mol. The van der Waals surface area contributed by atoms with Gasteiger partial charge in [-0.3, -0.25) is 9.89 Å². The maximum atomic E-state index is 11.5. The van der Waals surface area contributed by atoms with Crippen LogP contribution in [0.4, 0.5) is 5.82 Å². The quantitative estimate of drug-likeness (QED) is 0.803. The Bertz CT molecular complexity index is 645. The first kappa shape index (κ1) is 11.0. The smallest absolute Gasteiger partial charge is 0.268 e. The highest BCUT2D eigenvalue weighted by atomic mass is 16.1. The summed E-state index contributed by atoms with van der Waals surface area (Å²) < 4.78 is 1.43. The molecule has 0 bridgehead atoms. The zero-order valence-electron chi connectivity index (χ0n) is 9.40. The number of nitrogens with two attached hydrogens (primary N) is 1. The predicted molar refractivity (Wildman–Crippen MR) is 64.5 cm³/mol. The Morgan fingerprint density at radius 2 is 2.24 bits per heavy atom. The Kier molecular flexibility index (Phi) is 2.71. The van der Waals surface area contributed by atoms with Gasteiger partial charge in [-0.05, 0) is 24.1 Å². The maximum Gasteiger partial charge on any atom is 0.268 e. The molecule has 0 radical (unpaired) electrons. The van der Waals surface area contributed by atoms with Crippen LogP contribution in [-0.4, -0.2) is 9.78 Å². The minimum Gasteiger partial charge on any atom is -0.384 e. The number of nitrogen functional groups attached to an aromatic ring is 1. The zero-order chi connectivity index (χ0) is 12.4. The summed E-state index contributed by atoms with van der Waals surface area (Å²) in [5.41, 5.74) is 7.82. The van der Waals surface area contributed by atoms with Crippen LogP contribution in [0.15, 0.2) is 29.1 Å². The molecule has 5 heteroatoms. The molecule has 17 heavy (non-hydrogen) atoms. The molecule has 0 unspecified atom stereocenters. The standard InChI is InChI=1S/C12H12N4O/c1-8-4-9(2-3-10(8)6-13)7-16-12(17)5-11(14)15-16/h2-5,15H,7,14H2,1H3. The van der Waals surface area contributed by atoms with Crippen LogP contribution >= 0.6 is 0 Å². The second-order valence-corrected chi connectivity index (χ2v) is 3.90. The lowest BCUT2D eigenvalue weighted by molar-refractivity contribution is 0.666. The van der Waals surface area contributed by atoms with E-state index in [2.05, 4.69) is 11.2 Å². The topological polar surface area (TPSA) is 87.6 Å². The summed E-state index contributed by atoms with van der Waals surface area (Å²) in [4.78, 5) is 11.5. The van der Waals surface area contributed by atoms with Crippen molar-refractivity contribution < 1.29 is 0 Å². The fourth-order valence-corrected chi connectivity index (χ4v) is 1.70. The van der Waals surface area contributed by atoms with Crippen LogP contribution in [0.3, 0.4) is 0 Å². The van der Waals surface area contributed by atoms with Crippen LogP contribution in [0.5, 0.6) is 0 Å². The van der Waals surface area contributed by atoms with Crippen molar-refractivity contribution >= 4 is 5.82 Å². The van der Waals surface area contributed by atoms with Gasteiger partial charge in [-0.2, -0.15) is 5.26 Å². The van der Waals surface area contributed by atoms with E-state index in [0.717, 1.165) is 11.1 Å². The summed E-state index contributed by atoms with van der Waals surface area (Å²) in [6.45, 7) is 2.29. The SMILES string of the molecule is Cc1cc(Cn2[nH]c(N)cc2=O)ccc1C#N. The molecule has 2 rings (SSSR count). The molecule has 0 saturated heterocycles. The molecular formula is C12H12N4O. The molecule has 3 N–H and O–H groups in total. The van der Waals surface area contributed by atoms with Crippen molar-refractivity contribution in [2.24, 2.45) is 0 Å². The molecule has 1 aromatic heterocycles. The summed E-state index contributed by atoms with van der Waals surface area (Å²) in [6.07, 6.45) is 0. The van der Waals surface area contributed by atoms with E-state index in [1.165, 1.54) is 10.7 Å². The van der Waals surface area contributed by atoms with E-state index in [0.29, 0.717) is 17.9 Å². The van der Waals surface area contributed by atoms with Gasteiger partial charge in [0.1, 0.15) is 5.82 Å². The number of hydrogen-bond donors (Lipinski definition) is 2. The van der Waals surface area contributed by atoms with Crippen LogP contribution in [0.2, 0.25) is 0 Å². The van der Waals surface area contributed by atoms with Gasteiger partial charge in [0.15, 0.2) is 0 Å². The number of nitriles is 1. The van der Waals surface area contributed by atoms with Crippen LogP contribution in [0, 0.1) is 18.3 Å². The van der Waals surface area contributed by atoms with Crippen molar-refractivity contribution in [1.82, 2.24) is 9.78 Å². The molecule has 2 aromatic rings. The highest BCUT2D eigenvalue weighted by Crippen LogP contribution is 2.10. The second kappa shape index (κ2) is 4.18. The first-order valence-corrected chi connectivity index (χ1v) is 5.15. The Balaban J connectivity index is 2.31. The summed E-state index contributed by atoms with van der Waals surface area (Å²) in [7, 11) is 0. The fraction of sp³-hybridized carbons (Fsp3) is 0.167. The highest BCUT2D eigenvalue weighted by Gasteiger charge is 2.03. The third-order valence-corrected chi connectivity index (χ3v) is 2.56. The van der Waals surface area contributed by atoms with Gasteiger partial charge >= 0.3 is 0 Å². The van der Waals surface area contributed by atoms with Gasteiger partial charge in [-0.1, -0.05) is 12.1 Å². The van der Waals surface area contributed by atoms with Gasteiger partial charge in [0.05, 0.1) is 18.2 Å². The zero-order valence-corrected chi connectivity index (χ0v) is 9.40. The number of aryl methyl sites for hydroxylation is 1. The van der Waals surface area contributed by atoms with Crippen LogP contribution in [-0.2, 0) is 6.54 Å². The van der Waals surface area contributed by atoms with E-state index >= 15 is 0 Å². The Morgan fingerprint density at radius 3 is 2.76 bits per heavy atom. The second-order valence-electron chi connectivity index (χ2n) is 3.90. The number of rotatable bonds is 2. The van der Waals surface area contributed by atoms with Gasteiger partial charge in [0, 0.05) is 6.07 Å². The van der Waals surface area contributed by atoms with E-state index in [4.69, 9.17) is 11.0 Å². The third-order valence-electron chi connectivity index (χ3n) is 2.56. The first-order valence-electron chi connectivity index (χ1n) is 5.15. The molecule has 1 aromatic carbocycles. The average molecular weight is 228 g/mol. The summed E-state index contributed by atoms with van der Waals surface area (Å²) in [6, 6.07) is 8.92. The molecule has 1 heterocycles. The lowest BCUT2D eigenvalue weighted by Crippen LogP contribution is -2.16. The molecule has 0 saturated carbocycles. The van der Waals surface area contributed by atoms with Crippen molar-refractivity contribution in [2.45, 2.75) is 13.5 Å². The van der Waals surface area contributed by atoms with Gasteiger partial charge < -0.3 is 5.73 Å². The number of nitrogens with zero attached hydrogens (tertiary/aromatic N) is 2. The predicted octanol–water partition coefficient (Wildman–Crippen LogP) is 0.987. The van der Waals surface area contributed by atoms with Gasteiger partial charge in [0.2, 0.25) is 0 Å². The molecule has 5 nitrogen and oxygen atoms in total. The van der Waals surface area contributed by atoms with Crippen molar-refractivity contribution in [2.75, 3.05) is 5.73 Å². The molecule has 0 atom stereocenters. The largest absolute Gasteiger partial charge is 0.384 e. The number of nitrogens with one attached hydrogen (secondary N) is 1. The normalized spacial score (nSPS) is 10.1. The van der Waals surface area contributed by atoms with Gasteiger partial charge in [-0.25, -0.2) is 4.68 Å². The van der Waals surface area contributed by atoms with Crippen molar-refractivity contribution in [3.05, 3.63) is 51.3 Å². The molecule has 0 amide bonds. The molecule has 0 aliphatic rings. The van der Waals surface area contributed by atoms with Crippen LogP contribution < -0.4 is 11.3 Å². The first-order chi connectivity index (χ1) is 8.10. The molecule has 0 spiro atoms. The van der Waals surface area contributed by atoms with E-state index in [1.807, 2.05) is 19.1 Å². The minimum atomic E-state index is -0.162. The lowest BCUT2D eigenvalue weighted by atomic mass is 10.1. The third kappa shape index (κ3) is 2.21.